The molecule has 2 aromatic carbocycles. The normalized spacial score (nSPS) is 10.0. The Morgan fingerprint density at radius 3 is 1.93 bits per heavy atom. The van der Waals surface area contributed by atoms with Gasteiger partial charge in [0.25, 0.3) is 0 Å². The molecule has 0 unspecified atom stereocenters. The Labute approximate surface area is 181 Å². The summed E-state index contributed by atoms with van der Waals surface area (Å²) in [5, 5.41) is 0.784. The number of aromatic nitrogens is 2. The molecule has 0 saturated heterocycles. The first-order chi connectivity index (χ1) is 14.2. The van der Waals surface area contributed by atoms with E-state index in [1.807, 2.05) is 36.4 Å². The summed E-state index contributed by atoms with van der Waals surface area (Å²) in [5.74, 6) is 1.82. The smallest absolute Gasteiger partial charge is 0.162 e. The molecule has 3 aromatic rings. The lowest BCUT2D eigenvalue weighted by molar-refractivity contribution is 0.356. The molecular weight excluding hydrogens is 398 g/mol. The van der Waals surface area contributed by atoms with E-state index >= 15 is 0 Å². The van der Waals surface area contributed by atoms with Crippen LogP contribution in [0.15, 0.2) is 73.1 Å². The third-order valence-electron chi connectivity index (χ3n) is 4.69. The van der Waals surface area contributed by atoms with Gasteiger partial charge in [0.1, 0.15) is 6.33 Å². The van der Waals surface area contributed by atoms with Crippen LogP contribution in [0.25, 0.3) is 22.0 Å². The number of fused-ring (bicyclic) bond motifs is 2. The number of halogens is 1. The Bertz CT molecular complexity index is 1170. The summed E-state index contributed by atoms with van der Waals surface area (Å²) in [6, 6.07) is 24.4. The minimum atomic E-state index is 0. The van der Waals surface area contributed by atoms with Crippen LogP contribution >= 0.6 is 12.4 Å². The number of hydrogen-bond donors (Lipinski definition) is 0. The molecule has 5 nitrogen and oxygen atoms in total. The van der Waals surface area contributed by atoms with Gasteiger partial charge in [-0.05, 0) is 29.3 Å². The topological polar surface area (TPSA) is 47.5 Å². The van der Waals surface area contributed by atoms with Gasteiger partial charge < -0.3 is 9.47 Å². The molecule has 0 aliphatic heterocycles. The first kappa shape index (κ1) is 21.0. The molecule has 0 spiro atoms. The number of nitrogens with zero attached hydrogens (tertiary/aromatic N) is 3. The van der Waals surface area contributed by atoms with Gasteiger partial charge in [-0.1, -0.05) is 48.9 Å². The van der Waals surface area contributed by atoms with Crippen molar-refractivity contribution in [2.75, 3.05) is 19.1 Å². The summed E-state index contributed by atoms with van der Waals surface area (Å²) < 4.78 is 10.7. The van der Waals surface area contributed by atoms with Gasteiger partial charge in [0.15, 0.2) is 17.3 Å². The number of ether oxygens (including phenoxy) is 2. The maximum Gasteiger partial charge on any atom is 0.162 e. The van der Waals surface area contributed by atoms with Gasteiger partial charge in [-0.15, -0.1) is 12.4 Å². The summed E-state index contributed by atoms with van der Waals surface area (Å²) in [6.45, 7) is 0. The van der Waals surface area contributed by atoms with Gasteiger partial charge >= 0.3 is 0 Å². The van der Waals surface area contributed by atoms with E-state index in [2.05, 4.69) is 40.3 Å². The van der Waals surface area contributed by atoms with Crippen molar-refractivity contribution in [3.63, 3.8) is 0 Å². The second-order valence-electron chi connectivity index (χ2n) is 6.30. The van der Waals surface area contributed by atoms with Crippen LogP contribution in [0, 0.1) is 12.5 Å². The molecule has 30 heavy (non-hydrogen) atoms. The van der Waals surface area contributed by atoms with Gasteiger partial charge in [-0.2, -0.15) is 0 Å². The minimum absolute atomic E-state index is 0. The summed E-state index contributed by atoms with van der Waals surface area (Å²) in [5.41, 5.74) is 4.43. The summed E-state index contributed by atoms with van der Waals surface area (Å²) in [4.78, 5) is 10.3. The molecule has 0 saturated carbocycles. The average molecular weight is 418 g/mol. The van der Waals surface area contributed by atoms with E-state index in [1.165, 1.54) is 17.5 Å². The fourth-order valence-electron chi connectivity index (χ4n) is 3.05. The molecule has 0 radical (unpaired) electrons. The van der Waals surface area contributed by atoms with Crippen molar-refractivity contribution in [3.8, 4) is 35.1 Å². The fraction of sp³-hybridized carbons (Fsp3) is 0.0833. The Kier molecular flexibility index (Phi) is 6.41. The SMILES string of the molecule is C#CN(c1ccccc1)c1ncnc2cc(OC)c(OC)cc12.Cl.c1cc2ccc1-2. The molecule has 0 atom stereocenters. The van der Waals surface area contributed by atoms with E-state index < -0.39 is 0 Å². The quantitative estimate of drug-likeness (QED) is 0.287. The van der Waals surface area contributed by atoms with Gasteiger partial charge in [-0.25, -0.2) is 9.97 Å². The largest absolute Gasteiger partial charge is 0.493 e. The Hall–Kier alpha value is -3.75. The molecule has 0 amide bonds. The van der Waals surface area contributed by atoms with Crippen LogP contribution < -0.4 is 14.4 Å². The number of para-hydroxylation sites is 1. The molecule has 6 heteroatoms. The highest BCUT2D eigenvalue weighted by atomic mass is 35.5. The van der Waals surface area contributed by atoms with Crippen LogP contribution in [-0.2, 0) is 0 Å². The molecule has 150 valence electrons. The summed E-state index contributed by atoms with van der Waals surface area (Å²) in [6.07, 6.45) is 7.20. The van der Waals surface area contributed by atoms with E-state index in [-0.39, 0.29) is 12.4 Å². The lowest BCUT2D eigenvalue weighted by Gasteiger charge is -2.18. The lowest BCUT2D eigenvalue weighted by atomic mass is 9.95. The van der Waals surface area contributed by atoms with Crippen molar-refractivity contribution in [2.24, 2.45) is 0 Å². The molecule has 1 aromatic heterocycles. The van der Waals surface area contributed by atoms with Crippen LogP contribution in [0.5, 0.6) is 11.5 Å². The van der Waals surface area contributed by atoms with E-state index in [0.717, 1.165) is 16.6 Å². The first-order valence-electron chi connectivity index (χ1n) is 9.03. The van der Waals surface area contributed by atoms with Crippen molar-refractivity contribution in [3.05, 3.63) is 73.1 Å². The standard InChI is InChI=1S/C18H15N3O2.C6H4.ClH/c1-4-21(13-8-6-5-7-9-13)18-14-10-16(22-2)17(23-3)11-15(14)19-12-20-18;1-2-6-4-3-5(1)6;/h1,5-12H,2-3H3;1-4H;1H. The van der Waals surface area contributed by atoms with Gasteiger partial charge in [0, 0.05) is 17.5 Å². The minimum Gasteiger partial charge on any atom is -0.493 e. The zero-order chi connectivity index (χ0) is 20.2. The van der Waals surface area contributed by atoms with E-state index in [1.54, 1.807) is 25.2 Å². The summed E-state index contributed by atoms with van der Waals surface area (Å²) in [7, 11) is 3.17. The first-order valence-corrected chi connectivity index (χ1v) is 9.03. The second kappa shape index (κ2) is 9.17. The predicted molar refractivity (Wildman–Crippen MR) is 123 cm³/mol. The fourth-order valence-corrected chi connectivity index (χ4v) is 3.05. The van der Waals surface area contributed by atoms with Crippen LogP contribution in [0.1, 0.15) is 0 Å². The van der Waals surface area contributed by atoms with E-state index in [4.69, 9.17) is 15.9 Å². The third kappa shape index (κ3) is 3.86. The predicted octanol–water partition coefficient (Wildman–Crippen LogP) is 5.46. The van der Waals surface area contributed by atoms with E-state index in [0.29, 0.717) is 17.3 Å². The number of benzene rings is 3. The molecule has 5 rings (SSSR count). The van der Waals surface area contributed by atoms with Crippen molar-refractivity contribution in [1.82, 2.24) is 9.97 Å². The number of rotatable bonds is 4. The van der Waals surface area contributed by atoms with E-state index in [9.17, 15) is 0 Å². The van der Waals surface area contributed by atoms with Crippen LogP contribution in [0.3, 0.4) is 0 Å². The van der Waals surface area contributed by atoms with Gasteiger partial charge in [0.2, 0.25) is 0 Å². The monoisotopic (exact) mass is 417 g/mol. The molecule has 0 fully saturated rings. The molecule has 1 heterocycles. The average Bonchev–Trinajstić information content (AvgIpc) is 2.77. The van der Waals surface area contributed by atoms with Gasteiger partial charge in [-0.3, -0.25) is 4.90 Å². The summed E-state index contributed by atoms with van der Waals surface area (Å²) >= 11 is 0. The lowest BCUT2D eigenvalue weighted by Crippen LogP contribution is -2.11. The van der Waals surface area contributed by atoms with Crippen molar-refractivity contribution in [1.29, 1.82) is 0 Å². The van der Waals surface area contributed by atoms with Gasteiger partial charge in [0.05, 0.1) is 25.4 Å². The highest BCUT2D eigenvalue weighted by Gasteiger charge is 2.15. The number of terminal acetylenes is 1. The number of hydrogen-bond acceptors (Lipinski definition) is 5. The van der Waals surface area contributed by atoms with Crippen molar-refractivity contribution < 1.29 is 9.47 Å². The van der Waals surface area contributed by atoms with Crippen LogP contribution in [-0.4, -0.2) is 24.2 Å². The Morgan fingerprint density at radius 1 is 0.833 bits per heavy atom. The molecule has 2 aliphatic rings. The molecule has 0 N–H and O–H groups in total. The van der Waals surface area contributed by atoms with Crippen molar-refractivity contribution >= 4 is 34.8 Å². The highest BCUT2D eigenvalue weighted by molar-refractivity contribution is 5.94. The van der Waals surface area contributed by atoms with Crippen LogP contribution in [0.2, 0.25) is 0 Å². The highest BCUT2D eigenvalue weighted by Crippen LogP contribution is 2.36. The second-order valence-corrected chi connectivity index (χ2v) is 6.30. The van der Waals surface area contributed by atoms with Crippen LogP contribution in [0.4, 0.5) is 11.5 Å². The molecule has 2 aliphatic carbocycles. The van der Waals surface area contributed by atoms with Crippen molar-refractivity contribution in [2.45, 2.75) is 0 Å². The maximum atomic E-state index is 5.71. The Morgan fingerprint density at radius 2 is 1.43 bits per heavy atom. The maximum absolute atomic E-state index is 5.71. The zero-order valence-corrected chi connectivity index (χ0v) is 17.4. The third-order valence-corrected chi connectivity index (χ3v) is 4.69. The molecule has 0 bridgehead atoms. The Balaban J connectivity index is 0.000000309. The number of anilines is 2. The number of methoxy groups -OCH3 is 2. The zero-order valence-electron chi connectivity index (χ0n) is 16.6. The molecular formula is C24H20ClN3O2.